The van der Waals surface area contributed by atoms with E-state index in [1.54, 1.807) is 0 Å². The summed E-state index contributed by atoms with van der Waals surface area (Å²) in [4.78, 5) is 1.83. The summed E-state index contributed by atoms with van der Waals surface area (Å²) in [5.74, 6) is 0. The van der Waals surface area contributed by atoms with Crippen molar-refractivity contribution < 1.29 is 20.4 Å². The minimum Gasteiger partial charge on any atom is -0.394 e. The lowest BCUT2D eigenvalue weighted by molar-refractivity contribution is 0.0275. The molecule has 0 radical (unpaired) electrons. The first-order valence-corrected chi connectivity index (χ1v) is 8.59. The van der Waals surface area contributed by atoms with Gasteiger partial charge in [0.25, 0.3) is 0 Å². The van der Waals surface area contributed by atoms with Crippen LogP contribution in [0.5, 0.6) is 0 Å². The third-order valence-electron chi connectivity index (χ3n) is 3.61. The fourth-order valence-corrected chi connectivity index (χ4v) is 2.32. The van der Waals surface area contributed by atoms with E-state index in [9.17, 15) is 10.2 Å². The fourth-order valence-electron chi connectivity index (χ4n) is 2.32. The molecule has 0 rings (SSSR count). The van der Waals surface area contributed by atoms with E-state index in [0.29, 0.717) is 6.54 Å². The van der Waals surface area contributed by atoms with Crippen molar-refractivity contribution in [2.75, 3.05) is 32.8 Å². The molecule has 0 fully saturated rings. The average Bonchev–Trinajstić information content (AvgIpc) is 2.52. The van der Waals surface area contributed by atoms with E-state index < -0.39 is 12.2 Å². The summed E-state index contributed by atoms with van der Waals surface area (Å²) >= 11 is 0. The second kappa shape index (κ2) is 15.4. The van der Waals surface area contributed by atoms with Gasteiger partial charge in [-0.05, 0) is 12.8 Å². The Morgan fingerprint density at radius 2 is 1.36 bits per heavy atom. The van der Waals surface area contributed by atoms with Crippen molar-refractivity contribution in [2.24, 2.45) is 0 Å². The van der Waals surface area contributed by atoms with E-state index in [1.165, 1.54) is 38.5 Å². The summed E-state index contributed by atoms with van der Waals surface area (Å²) in [6.45, 7) is 2.80. The highest BCUT2D eigenvalue weighted by atomic mass is 16.3. The molecule has 5 nitrogen and oxygen atoms in total. The van der Waals surface area contributed by atoms with Gasteiger partial charge in [-0.15, -0.1) is 0 Å². The molecule has 2 atom stereocenters. The lowest BCUT2D eigenvalue weighted by atomic mass is 10.1. The molecule has 0 aromatic heterocycles. The molecule has 0 heterocycles. The normalized spacial score (nSPS) is 14.8. The zero-order valence-electron chi connectivity index (χ0n) is 14.0. The van der Waals surface area contributed by atoms with E-state index >= 15 is 0 Å². The van der Waals surface area contributed by atoms with Crippen LogP contribution in [-0.4, -0.2) is 70.4 Å². The van der Waals surface area contributed by atoms with Gasteiger partial charge in [0.05, 0.1) is 25.4 Å². The number of aliphatic hydroxyl groups excluding tert-OH is 4. The predicted molar refractivity (Wildman–Crippen MR) is 89.8 cm³/mol. The summed E-state index contributed by atoms with van der Waals surface area (Å²) in [6.07, 6.45) is 11.2. The summed E-state index contributed by atoms with van der Waals surface area (Å²) in [5, 5.41) is 36.8. The van der Waals surface area contributed by atoms with E-state index in [2.05, 4.69) is 13.0 Å². The van der Waals surface area contributed by atoms with Gasteiger partial charge in [-0.1, -0.05) is 51.2 Å². The zero-order valence-corrected chi connectivity index (χ0v) is 14.0. The van der Waals surface area contributed by atoms with E-state index in [0.717, 1.165) is 6.42 Å². The first kappa shape index (κ1) is 21.5. The number of rotatable bonds is 15. The molecule has 0 aliphatic carbocycles. The Balaban J connectivity index is 3.87. The second-order valence-corrected chi connectivity index (χ2v) is 5.92. The molecule has 5 heteroatoms. The minimum absolute atomic E-state index is 0.287. The molecule has 0 bridgehead atoms. The van der Waals surface area contributed by atoms with Crippen LogP contribution in [0.3, 0.4) is 0 Å². The predicted octanol–water partition coefficient (Wildman–Crippen LogP) is 1.30. The molecule has 0 aliphatic heterocycles. The van der Waals surface area contributed by atoms with E-state index in [1.807, 2.05) is 11.0 Å². The van der Waals surface area contributed by atoms with Gasteiger partial charge in [0.15, 0.2) is 0 Å². The molecule has 0 saturated heterocycles. The molecule has 132 valence electrons. The molecule has 0 amide bonds. The van der Waals surface area contributed by atoms with E-state index in [4.69, 9.17) is 10.2 Å². The largest absolute Gasteiger partial charge is 0.394 e. The molecule has 0 aromatic rings. The summed E-state index contributed by atoms with van der Waals surface area (Å²) in [7, 11) is 0. The highest BCUT2D eigenvalue weighted by Crippen LogP contribution is 2.07. The maximum Gasteiger partial charge on any atom is 0.0897 e. The molecule has 0 spiro atoms. The monoisotopic (exact) mass is 317 g/mol. The number of allylic oxidation sites excluding steroid dienone is 1. The van der Waals surface area contributed by atoms with Gasteiger partial charge < -0.3 is 20.4 Å². The Bertz CT molecular complexity index is 249. The van der Waals surface area contributed by atoms with Crippen molar-refractivity contribution >= 4 is 0 Å². The van der Waals surface area contributed by atoms with Crippen molar-refractivity contribution in [1.82, 2.24) is 4.90 Å². The minimum atomic E-state index is -0.821. The van der Waals surface area contributed by atoms with Gasteiger partial charge >= 0.3 is 0 Å². The van der Waals surface area contributed by atoms with Crippen molar-refractivity contribution in [3.8, 4) is 0 Å². The van der Waals surface area contributed by atoms with Crippen LogP contribution < -0.4 is 0 Å². The summed E-state index contributed by atoms with van der Waals surface area (Å²) in [5.41, 5.74) is 0. The Hall–Kier alpha value is -0.460. The number of nitrogens with zero attached hydrogens (tertiary/aromatic N) is 1. The molecule has 22 heavy (non-hydrogen) atoms. The Morgan fingerprint density at radius 1 is 0.818 bits per heavy atom. The van der Waals surface area contributed by atoms with Crippen LogP contribution in [0, 0.1) is 0 Å². The number of unbranched alkanes of at least 4 members (excludes halogenated alkanes) is 6. The molecular formula is C17H35NO4. The zero-order chi connectivity index (χ0) is 16.6. The summed E-state index contributed by atoms with van der Waals surface area (Å²) < 4.78 is 0. The number of hydrogen-bond acceptors (Lipinski definition) is 5. The lowest BCUT2D eigenvalue weighted by Gasteiger charge is -2.24. The van der Waals surface area contributed by atoms with Crippen LogP contribution in [-0.2, 0) is 0 Å². The molecule has 0 aromatic carbocycles. The van der Waals surface area contributed by atoms with Gasteiger partial charge in [-0.25, -0.2) is 0 Å². The van der Waals surface area contributed by atoms with Crippen LogP contribution in [0.15, 0.2) is 12.2 Å². The first-order valence-electron chi connectivity index (χ1n) is 8.59. The highest BCUT2D eigenvalue weighted by Gasteiger charge is 2.13. The molecule has 2 unspecified atom stereocenters. The van der Waals surface area contributed by atoms with Crippen molar-refractivity contribution in [3.05, 3.63) is 12.2 Å². The maximum absolute atomic E-state index is 9.50. The third-order valence-corrected chi connectivity index (χ3v) is 3.61. The van der Waals surface area contributed by atoms with Crippen LogP contribution in [0.25, 0.3) is 0 Å². The third kappa shape index (κ3) is 13.2. The summed E-state index contributed by atoms with van der Waals surface area (Å²) in [6, 6.07) is 0. The van der Waals surface area contributed by atoms with Gasteiger partial charge in [0.2, 0.25) is 0 Å². The molecule has 0 aliphatic rings. The molecule has 4 N–H and O–H groups in total. The Kier molecular flexibility index (Phi) is 15.1. The van der Waals surface area contributed by atoms with Crippen LogP contribution >= 0.6 is 0 Å². The van der Waals surface area contributed by atoms with Crippen LogP contribution in [0.2, 0.25) is 0 Å². The van der Waals surface area contributed by atoms with Crippen molar-refractivity contribution in [3.63, 3.8) is 0 Å². The lowest BCUT2D eigenvalue weighted by Crippen LogP contribution is -2.40. The van der Waals surface area contributed by atoms with Gasteiger partial charge in [0, 0.05) is 19.6 Å². The molecular weight excluding hydrogens is 282 g/mol. The number of hydrogen-bond donors (Lipinski definition) is 4. The topological polar surface area (TPSA) is 84.2 Å². The first-order chi connectivity index (χ1) is 10.6. The van der Waals surface area contributed by atoms with Crippen molar-refractivity contribution in [2.45, 2.75) is 64.1 Å². The molecule has 0 saturated carbocycles. The highest BCUT2D eigenvalue weighted by molar-refractivity contribution is 4.86. The maximum atomic E-state index is 9.50. The van der Waals surface area contributed by atoms with Gasteiger partial charge in [-0.2, -0.15) is 0 Å². The quantitative estimate of drug-likeness (QED) is 0.270. The van der Waals surface area contributed by atoms with Gasteiger partial charge in [-0.3, -0.25) is 4.90 Å². The Labute approximate surface area is 135 Å². The van der Waals surface area contributed by atoms with Crippen LogP contribution in [0.4, 0.5) is 0 Å². The van der Waals surface area contributed by atoms with Crippen molar-refractivity contribution in [1.29, 1.82) is 0 Å². The smallest absolute Gasteiger partial charge is 0.0897 e. The SMILES string of the molecule is CCCCCCCC/C=C/CN(CC(O)CO)CC(O)CO. The Morgan fingerprint density at radius 3 is 1.91 bits per heavy atom. The standard InChI is InChI=1S/C17H35NO4/c1-2-3-4-5-6-7-8-9-10-11-18(12-16(21)14-19)13-17(22)15-20/h9-10,16-17,19-22H,2-8,11-15H2,1H3/b10-9+. The van der Waals surface area contributed by atoms with Crippen LogP contribution in [0.1, 0.15) is 51.9 Å². The number of aliphatic hydroxyl groups is 4. The second-order valence-electron chi connectivity index (χ2n) is 5.92. The van der Waals surface area contributed by atoms with Gasteiger partial charge in [0.1, 0.15) is 0 Å². The fraction of sp³-hybridized carbons (Fsp3) is 0.882. The van der Waals surface area contributed by atoms with E-state index in [-0.39, 0.29) is 26.3 Å². The average molecular weight is 317 g/mol.